The number of aliphatic hydroxyl groups excluding tert-OH is 2. The summed E-state index contributed by atoms with van der Waals surface area (Å²) in [5, 5.41) is 29.9. The summed E-state index contributed by atoms with van der Waals surface area (Å²) in [6.45, 7) is 1.66. The van der Waals surface area contributed by atoms with Gasteiger partial charge >= 0.3 is 12.0 Å². The van der Waals surface area contributed by atoms with Crippen LogP contribution in [0, 0.1) is 0 Å². The van der Waals surface area contributed by atoms with Crippen LogP contribution in [0.5, 0.6) is 0 Å². The van der Waals surface area contributed by atoms with Crippen LogP contribution in [0.3, 0.4) is 0 Å². The van der Waals surface area contributed by atoms with Crippen molar-refractivity contribution in [1.82, 2.24) is 10.2 Å². The van der Waals surface area contributed by atoms with Crippen molar-refractivity contribution in [3.63, 3.8) is 0 Å². The van der Waals surface area contributed by atoms with Gasteiger partial charge in [-0.25, -0.2) is 9.59 Å². The van der Waals surface area contributed by atoms with Gasteiger partial charge in [-0.3, -0.25) is 0 Å². The van der Waals surface area contributed by atoms with Crippen LogP contribution < -0.4 is 5.32 Å². The van der Waals surface area contributed by atoms with Crippen molar-refractivity contribution in [3.05, 3.63) is 0 Å². The molecule has 1 fully saturated rings. The van der Waals surface area contributed by atoms with Gasteiger partial charge in [-0.15, -0.1) is 0 Å². The minimum absolute atomic E-state index is 0.139. The second kappa shape index (κ2) is 7.30. The topological polar surface area (TPSA) is 110 Å². The minimum atomic E-state index is -1.34. The van der Waals surface area contributed by atoms with Crippen molar-refractivity contribution >= 4 is 12.0 Å². The second-order valence-corrected chi connectivity index (χ2v) is 4.89. The van der Waals surface area contributed by atoms with Crippen molar-refractivity contribution < 1.29 is 24.9 Å². The van der Waals surface area contributed by atoms with E-state index in [9.17, 15) is 19.8 Å². The highest BCUT2D eigenvalue weighted by Gasteiger charge is 2.30. The van der Waals surface area contributed by atoms with Gasteiger partial charge in [0.1, 0.15) is 0 Å². The lowest BCUT2D eigenvalue weighted by atomic mass is 10.1. The highest BCUT2D eigenvalue weighted by molar-refractivity contribution is 5.83. The molecule has 0 radical (unpaired) electrons. The molecule has 1 rings (SSSR count). The van der Waals surface area contributed by atoms with E-state index in [1.807, 2.05) is 0 Å². The standard InChI is InChI=1S/C12H22N2O5/c1-8(16)10(11(17)18)13-12(19)14-6-4-2-3-5-9(14)7-15/h8-10,15-16H,2-7H2,1H3,(H,13,19)(H,17,18)/t8-,9?,10+/m1/s1. The van der Waals surface area contributed by atoms with Crippen molar-refractivity contribution in [2.75, 3.05) is 13.2 Å². The summed E-state index contributed by atoms with van der Waals surface area (Å²) < 4.78 is 0. The maximum Gasteiger partial charge on any atom is 0.328 e. The van der Waals surface area contributed by atoms with Gasteiger partial charge < -0.3 is 25.5 Å². The third-order valence-electron chi connectivity index (χ3n) is 3.38. The Morgan fingerprint density at radius 2 is 2.05 bits per heavy atom. The molecule has 4 N–H and O–H groups in total. The fourth-order valence-electron chi connectivity index (χ4n) is 2.24. The van der Waals surface area contributed by atoms with Crippen LogP contribution in [-0.2, 0) is 4.79 Å². The zero-order chi connectivity index (χ0) is 14.4. The van der Waals surface area contributed by atoms with E-state index in [0.29, 0.717) is 13.0 Å². The number of nitrogens with one attached hydrogen (secondary N) is 1. The third-order valence-corrected chi connectivity index (χ3v) is 3.38. The van der Waals surface area contributed by atoms with Crippen molar-refractivity contribution in [3.8, 4) is 0 Å². The maximum atomic E-state index is 12.1. The Labute approximate surface area is 112 Å². The van der Waals surface area contributed by atoms with Gasteiger partial charge in [0.15, 0.2) is 6.04 Å². The van der Waals surface area contributed by atoms with E-state index in [2.05, 4.69) is 5.32 Å². The summed E-state index contributed by atoms with van der Waals surface area (Å²) in [7, 11) is 0. The normalized spacial score (nSPS) is 23.3. The molecule has 0 aliphatic carbocycles. The highest BCUT2D eigenvalue weighted by atomic mass is 16.4. The number of aliphatic carboxylic acids is 1. The Morgan fingerprint density at radius 1 is 1.37 bits per heavy atom. The summed E-state index contributed by atoms with van der Waals surface area (Å²) in [6.07, 6.45) is 2.28. The number of rotatable bonds is 4. The van der Waals surface area contributed by atoms with Gasteiger partial charge in [-0.05, 0) is 19.8 Å². The average molecular weight is 274 g/mol. The first-order valence-electron chi connectivity index (χ1n) is 6.56. The maximum absolute atomic E-state index is 12.1. The average Bonchev–Trinajstić information content (AvgIpc) is 2.59. The van der Waals surface area contributed by atoms with Gasteiger partial charge in [0.25, 0.3) is 0 Å². The number of hydrogen-bond donors (Lipinski definition) is 4. The molecule has 110 valence electrons. The van der Waals surface area contributed by atoms with E-state index in [-0.39, 0.29) is 12.6 Å². The van der Waals surface area contributed by atoms with E-state index >= 15 is 0 Å². The predicted molar refractivity (Wildman–Crippen MR) is 67.7 cm³/mol. The number of hydrogen-bond acceptors (Lipinski definition) is 4. The van der Waals surface area contributed by atoms with Crippen LogP contribution in [0.15, 0.2) is 0 Å². The van der Waals surface area contributed by atoms with E-state index in [0.717, 1.165) is 19.3 Å². The number of carbonyl (C=O) groups is 2. The third kappa shape index (κ3) is 4.36. The van der Waals surface area contributed by atoms with Gasteiger partial charge in [0.05, 0.1) is 18.8 Å². The van der Waals surface area contributed by atoms with Crippen LogP contribution in [0.2, 0.25) is 0 Å². The molecule has 1 heterocycles. The summed E-state index contributed by atoms with van der Waals surface area (Å²) in [4.78, 5) is 24.5. The Kier molecular flexibility index (Phi) is 6.04. The fraction of sp³-hybridized carbons (Fsp3) is 0.833. The Balaban J connectivity index is 2.70. The van der Waals surface area contributed by atoms with Gasteiger partial charge in [-0.2, -0.15) is 0 Å². The molecule has 19 heavy (non-hydrogen) atoms. The number of carboxylic acids is 1. The minimum Gasteiger partial charge on any atom is -0.480 e. The Hall–Kier alpha value is -1.34. The number of aliphatic hydroxyl groups is 2. The number of likely N-dealkylation sites (tertiary alicyclic amines) is 1. The molecule has 0 aromatic rings. The molecule has 0 saturated carbocycles. The predicted octanol–water partition coefficient (Wildman–Crippen LogP) is -0.233. The fourth-order valence-corrected chi connectivity index (χ4v) is 2.24. The van der Waals surface area contributed by atoms with Crippen LogP contribution in [0.1, 0.15) is 32.6 Å². The molecule has 7 nitrogen and oxygen atoms in total. The first-order chi connectivity index (χ1) is 8.97. The van der Waals surface area contributed by atoms with Crippen LogP contribution in [0.25, 0.3) is 0 Å². The lowest BCUT2D eigenvalue weighted by Crippen LogP contribution is -2.55. The molecule has 1 saturated heterocycles. The molecular weight excluding hydrogens is 252 g/mol. The molecule has 3 atom stereocenters. The van der Waals surface area contributed by atoms with E-state index in [4.69, 9.17) is 5.11 Å². The highest BCUT2D eigenvalue weighted by Crippen LogP contribution is 2.16. The molecule has 0 aromatic carbocycles. The van der Waals surface area contributed by atoms with E-state index in [1.165, 1.54) is 11.8 Å². The first-order valence-corrected chi connectivity index (χ1v) is 6.56. The number of carboxylic acid groups (broad SMARTS) is 1. The Morgan fingerprint density at radius 3 is 2.58 bits per heavy atom. The molecule has 2 amide bonds. The number of carbonyl (C=O) groups excluding carboxylic acids is 1. The lowest BCUT2D eigenvalue weighted by molar-refractivity contribution is -0.141. The van der Waals surface area contributed by atoms with Crippen LogP contribution in [-0.4, -0.2) is 63.6 Å². The summed E-state index contributed by atoms with van der Waals surface area (Å²) in [5.74, 6) is -1.28. The molecule has 0 spiro atoms. The SMILES string of the molecule is C[C@@H](O)[C@H](NC(=O)N1CCCCCC1CO)C(=O)O. The monoisotopic (exact) mass is 274 g/mol. The van der Waals surface area contributed by atoms with Gasteiger partial charge in [0.2, 0.25) is 0 Å². The van der Waals surface area contributed by atoms with Crippen molar-refractivity contribution in [1.29, 1.82) is 0 Å². The van der Waals surface area contributed by atoms with Gasteiger partial charge in [0, 0.05) is 6.54 Å². The quantitative estimate of drug-likeness (QED) is 0.566. The summed E-state index contributed by atoms with van der Waals surface area (Å²) >= 11 is 0. The molecule has 0 aromatic heterocycles. The van der Waals surface area contributed by atoms with Crippen molar-refractivity contribution in [2.24, 2.45) is 0 Å². The van der Waals surface area contributed by atoms with Crippen LogP contribution in [0.4, 0.5) is 4.79 Å². The lowest BCUT2D eigenvalue weighted by Gasteiger charge is -2.30. The number of nitrogens with zero attached hydrogens (tertiary/aromatic N) is 1. The number of urea groups is 1. The summed E-state index contributed by atoms with van der Waals surface area (Å²) in [5.41, 5.74) is 0. The zero-order valence-electron chi connectivity index (χ0n) is 11.1. The largest absolute Gasteiger partial charge is 0.480 e. The van der Waals surface area contributed by atoms with Crippen LogP contribution >= 0.6 is 0 Å². The van der Waals surface area contributed by atoms with E-state index < -0.39 is 24.1 Å². The smallest absolute Gasteiger partial charge is 0.328 e. The molecule has 1 aliphatic heterocycles. The molecule has 0 bridgehead atoms. The van der Waals surface area contributed by atoms with E-state index in [1.54, 1.807) is 0 Å². The second-order valence-electron chi connectivity index (χ2n) is 4.89. The first kappa shape index (κ1) is 15.7. The summed E-state index contributed by atoms with van der Waals surface area (Å²) in [6, 6.07) is -2.17. The van der Waals surface area contributed by atoms with Gasteiger partial charge in [-0.1, -0.05) is 12.8 Å². The van der Waals surface area contributed by atoms with Crippen molar-refractivity contribution in [2.45, 2.75) is 50.8 Å². The molecule has 7 heteroatoms. The molecule has 1 aliphatic rings. The molecule has 1 unspecified atom stereocenters. The zero-order valence-corrected chi connectivity index (χ0v) is 11.1. The molecular formula is C12H22N2O5. The Bertz CT molecular complexity index is 321. The number of amides is 2.